The Morgan fingerprint density at radius 1 is 1.53 bits per heavy atom. The van der Waals surface area contributed by atoms with Gasteiger partial charge < -0.3 is 11.1 Å². The van der Waals surface area contributed by atoms with Gasteiger partial charge in [-0.05, 0) is 44.2 Å². The third-order valence-electron chi connectivity index (χ3n) is 3.07. The fourth-order valence-electron chi connectivity index (χ4n) is 2.22. The number of aryl methyl sites for hydroxylation is 1. The summed E-state index contributed by atoms with van der Waals surface area (Å²) in [5.74, 6) is 0.744. The van der Waals surface area contributed by atoms with Crippen LogP contribution >= 0.6 is 0 Å². The summed E-state index contributed by atoms with van der Waals surface area (Å²) in [6.45, 7) is 3.05. The molecule has 3 nitrogen and oxygen atoms in total. The fourth-order valence-corrected chi connectivity index (χ4v) is 2.22. The minimum atomic E-state index is 0.427. The van der Waals surface area contributed by atoms with E-state index in [0.717, 1.165) is 24.6 Å². The van der Waals surface area contributed by atoms with Crippen molar-refractivity contribution in [1.29, 1.82) is 0 Å². The van der Waals surface area contributed by atoms with Crippen LogP contribution in [-0.4, -0.2) is 17.6 Å². The fraction of sp³-hybridized carbons (Fsp3) is 0.583. The number of anilines is 1. The van der Waals surface area contributed by atoms with Gasteiger partial charge in [0.25, 0.3) is 0 Å². The predicted octanol–water partition coefficient (Wildman–Crippen LogP) is 1.93. The molecule has 2 atom stereocenters. The molecule has 0 radical (unpaired) electrons. The van der Waals surface area contributed by atoms with Crippen molar-refractivity contribution in [3.63, 3.8) is 0 Å². The topological polar surface area (TPSA) is 50.9 Å². The summed E-state index contributed by atoms with van der Waals surface area (Å²) in [6, 6.07) is 4.52. The zero-order chi connectivity index (χ0) is 10.7. The van der Waals surface area contributed by atoms with Gasteiger partial charge in [-0.1, -0.05) is 0 Å². The molecule has 3 N–H and O–H groups in total. The van der Waals surface area contributed by atoms with E-state index in [9.17, 15) is 0 Å². The number of nitrogens with one attached hydrogen (secondary N) is 1. The number of hydrogen-bond acceptors (Lipinski definition) is 3. The molecule has 0 bridgehead atoms. The summed E-state index contributed by atoms with van der Waals surface area (Å²) < 4.78 is 0. The van der Waals surface area contributed by atoms with Crippen LogP contribution in [-0.2, 0) is 0 Å². The molecule has 1 saturated carbocycles. The Labute approximate surface area is 91.1 Å². The molecule has 1 heterocycles. The van der Waals surface area contributed by atoms with Crippen molar-refractivity contribution in [1.82, 2.24) is 4.98 Å². The van der Waals surface area contributed by atoms with Crippen LogP contribution in [0.3, 0.4) is 0 Å². The zero-order valence-corrected chi connectivity index (χ0v) is 9.24. The molecule has 2 unspecified atom stereocenters. The van der Waals surface area contributed by atoms with Crippen LogP contribution in [0, 0.1) is 12.8 Å². The highest BCUT2D eigenvalue weighted by atomic mass is 14.9. The van der Waals surface area contributed by atoms with Gasteiger partial charge in [0.15, 0.2) is 0 Å². The highest BCUT2D eigenvalue weighted by Gasteiger charge is 2.21. The van der Waals surface area contributed by atoms with E-state index in [-0.39, 0.29) is 0 Å². The molecule has 0 aliphatic heterocycles. The second kappa shape index (κ2) is 4.62. The first kappa shape index (κ1) is 10.4. The van der Waals surface area contributed by atoms with Gasteiger partial charge in [-0.25, -0.2) is 0 Å². The molecular weight excluding hydrogens is 186 g/mol. The lowest BCUT2D eigenvalue weighted by Gasteiger charge is -2.12. The first-order valence-electron chi connectivity index (χ1n) is 5.66. The van der Waals surface area contributed by atoms with Crippen molar-refractivity contribution >= 4 is 5.69 Å². The van der Waals surface area contributed by atoms with Gasteiger partial charge in [-0.3, -0.25) is 4.98 Å². The molecule has 1 aliphatic carbocycles. The molecule has 0 spiro atoms. The largest absolute Gasteiger partial charge is 0.385 e. The molecule has 1 fully saturated rings. The highest BCUT2D eigenvalue weighted by Crippen LogP contribution is 2.24. The lowest BCUT2D eigenvalue weighted by Crippen LogP contribution is -2.17. The number of rotatable bonds is 3. The summed E-state index contributed by atoms with van der Waals surface area (Å²) in [4.78, 5) is 4.17. The first-order valence-corrected chi connectivity index (χ1v) is 5.66. The number of hydrogen-bond donors (Lipinski definition) is 2. The maximum absolute atomic E-state index is 5.88. The summed E-state index contributed by atoms with van der Waals surface area (Å²) in [6.07, 6.45) is 5.45. The monoisotopic (exact) mass is 205 g/mol. The molecule has 3 heteroatoms. The maximum Gasteiger partial charge on any atom is 0.0393 e. The Hall–Kier alpha value is -1.09. The normalized spacial score (nSPS) is 25.5. The van der Waals surface area contributed by atoms with E-state index in [1.165, 1.54) is 18.5 Å². The van der Waals surface area contributed by atoms with E-state index < -0.39 is 0 Å². The smallest absolute Gasteiger partial charge is 0.0393 e. The van der Waals surface area contributed by atoms with Crippen molar-refractivity contribution in [2.75, 3.05) is 11.9 Å². The zero-order valence-electron chi connectivity index (χ0n) is 9.24. The van der Waals surface area contributed by atoms with Gasteiger partial charge in [-0.15, -0.1) is 0 Å². The lowest BCUT2D eigenvalue weighted by molar-refractivity contribution is 0.566. The molecule has 1 aromatic rings. The Bertz CT molecular complexity index is 324. The predicted molar refractivity (Wildman–Crippen MR) is 62.8 cm³/mol. The Kier molecular flexibility index (Phi) is 3.21. The maximum atomic E-state index is 5.88. The first-order chi connectivity index (χ1) is 7.24. The summed E-state index contributed by atoms with van der Waals surface area (Å²) in [7, 11) is 0. The molecule has 15 heavy (non-hydrogen) atoms. The Balaban J connectivity index is 1.83. The van der Waals surface area contributed by atoms with Crippen LogP contribution in [0.25, 0.3) is 0 Å². The van der Waals surface area contributed by atoms with Crippen LogP contribution in [0.4, 0.5) is 5.69 Å². The average Bonchev–Trinajstić information content (AvgIpc) is 2.62. The van der Waals surface area contributed by atoms with Crippen molar-refractivity contribution in [2.45, 2.75) is 32.2 Å². The third-order valence-corrected chi connectivity index (χ3v) is 3.07. The second-order valence-electron chi connectivity index (χ2n) is 4.51. The van der Waals surface area contributed by atoms with Gasteiger partial charge in [0.2, 0.25) is 0 Å². The van der Waals surface area contributed by atoms with Crippen LogP contribution in [0.5, 0.6) is 0 Å². The Morgan fingerprint density at radius 2 is 2.40 bits per heavy atom. The van der Waals surface area contributed by atoms with Crippen LogP contribution < -0.4 is 11.1 Å². The molecule has 1 aromatic heterocycles. The van der Waals surface area contributed by atoms with Gasteiger partial charge in [0, 0.05) is 30.2 Å². The summed E-state index contributed by atoms with van der Waals surface area (Å²) in [5.41, 5.74) is 8.11. The standard InChI is InChI=1S/C12H19N3/c1-9-6-12(4-5-14-9)15-8-10-2-3-11(13)7-10/h4-6,10-11H,2-3,7-8,13H2,1H3,(H,14,15). The number of nitrogens with two attached hydrogens (primary N) is 1. The van der Waals surface area contributed by atoms with Crippen molar-refractivity contribution in [2.24, 2.45) is 11.7 Å². The van der Waals surface area contributed by atoms with Crippen LogP contribution in [0.1, 0.15) is 25.0 Å². The molecule has 0 saturated heterocycles. The van der Waals surface area contributed by atoms with E-state index in [1.54, 1.807) is 0 Å². The number of aromatic nitrogens is 1. The molecule has 2 rings (SSSR count). The number of nitrogens with zero attached hydrogens (tertiary/aromatic N) is 1. The Morgan fingerprint density at radius 3 is 3.07 bits per heavy atom. The quantitative estimate of drug-likeness (QED) is 0.792. The van der Waals surface area contributed by atoms with Crippen LogP contribution in [0.2, 0.25) is 0 Å². The third kappa shape index (κ3) is 2.93. The van der Waals surface area contributed by atoms with E-state index in [1.807, 2.05) is 19.2 Å². The van der Waals surface area contributed by atoms with Crippen molar-refractivity contribution < 1.29 is 0 Å². The number of pyridine rings is 1. The van der Waals surface area contributed by atoms with Crippen LogP contribution in [0.15, 0.2) is 18.3 Å². The molecule has 82 valence electrons. The summed E-state index contributed by atoms with van der Waals surface area (Å²) in [5, 5.41) is 3.45. The molecule has 0 amide bonds. The van der Waals surface area contributed by atoms with Gasteiger partial charge in [-0.2, -0.15) is 0 Å². The average molecular weight is 205 g/mol. The van der Waals surface area contributed by atoms with Gasteiger partial charge >= 0.3 is 0 Å². The summed E-state index contributed by atoms with van der Waals surface area (Å²) >= 11 is 0. The van der Waals surface area contributed by atoms with E-state index in [2.05, 4.69) is 16.4 Å². The van der Waals surface area contributed by atoms with Gasteiger partial charge in [0.1, 0.15) is 0 Å². The van der Waals surface area contributed by atoms with E-state index in [0.29, 0.717) is 6.04 Å². The van der Waals surface area contributed by atoms with Gasteiger partial charge in [0.05, 0.1) is 0 Å². The molecular formula is C12H19N3. The van der Waals surface area contributed by atoms with E-state index >= 15 is 0 Å². The molecule has 0 aromatic carbocycles. The van der Waals surface area contributed by atoms with Crippen molar-refractivity contribution in [3.05, 3.63) is 24.0 Å². The second-order valence-corrected chi connectivity index (χ2v) is 4.51. The van der Waals surface area contributed by atoms with E-state index in [4.69, 9.17) is 5.73 Å². The molecule has 1 aliphatic rings. The minimum Gasteiger partial charge on any atom is -0.385 e. The lowest BCUT2D eigenvalue weighted by atomic mass is 10.1. The highest BCUT2D eigenvalue weighted by molar-refractivity contribution is 5.42. The SMILES string of the molecule is Cc1cc(NCC2CCC(N)C2)ccn1. The minimum absolute atomic E-state index is 0.427. The van der Waals surface area contributed by atoms with Crippen molar-refractivity contribution in [3.8, 4) is 0 Å².